The summed E-state index contributed by atoms with van der Waals surface area (Å²) in [5, 5.41) is 3.30. The molecule has 0 unspecified atom stereocenters. The molecule has 158 valence electrons. The summed E-state index contributed by atoms with van der Waals surface area (Å²) < 4.78 is 2.12. The summed E-state index contributed by atoms with van der Waals surface area (Å²) >= 11 is 6.78. The van der Waals surface area contributed by atoms with E-state index in [9.17, 15) is 9.59 Å². The van der Waals surface area contributed by atoms with Gasteiger partial charge in [0.05, 0.1) is 10.5 Å². The zero-order chi connectivity index (χ0) is 21.4. The van der Waals surface area contributed by atoms with Crippen molar-refractivity contribution in [1.29, 1.82) is 0 Å². The van der Waals surface area contributed by atoms with Crippen LogP contribution in [0.2, 0.25) is 0 Å². The Hall–Kier alpha value is -2.19. The number of rotatable bonds is 5. The largest absolute Gasteiger partial charge is 0.369 e. The number of nitrogens with one attached hydrogen (secondary N) is 1. The number of fused-ring (bicyclic) bond motifs is 1. The summed E-state index contributed by atoms with van der Waals surface area (Å²) in [5.74, 6) is 0.796. The van der Waals surface area contributed by atoms with Crippen LogP contribution < -0.4 is 10.9 Å². The van der Waals surface area contributed by atoms with Crippen molar-refractivity contribution in [1.82, 2.24) is 14.3 Å². The van der Waals surface area contributed by atoms with Crippen LogP contribution in [0.25, 0.3) is 11.7 Å². The summed E-state index contributed by atoms with van der Waals surface area (Å²) in [4.78, 5) is 33.4. The molecule has 30 heavy (non-hydrogen) atoms. The molecule has 2 fully saturated rings. The molecule has 2 aliphatic rings. The number of hydrogen-bond acceptors (Lipinski definition) is 6. The number of thiocarbonyl (C=S) groups is 1. The van der Waals surface area contributed by atoms with Gasteiger partial charge in [-0.25, -0.2) is 4.98 Å². The third-order valence-electron chi connectivity index (χ3n) is 5.55. The van der Waals surface area contributed by atoms with Gasteiger partial charge in [0.1, 0.15) is 15.8 Å². The van der Waals surface area contributed by atoms with Crippen LogP contribution in [0.4, 0.5) is 5.82 Å². The first-order valence-corrected chi connectivity index (χ1v) is 11.6. The molecule has 3 heterocycles. The number of amides is 1. The van der Waals surface area contributed by atoms with Gasteiger partial charge in [-0.15, -0.1) is 0 Å². The lowest BCUT2D eigenvalue weighted by Gasteiger charge is -2.21. The highest BCUT2D eigenvalue weighted by molar-refractivity contribution is 8.26. The van der Waals surface area contributed by atoms with Crippen LogP contribution in [0.1, 0.15) is 50.7 Å². The van der Waals surface area contributed by atoms with Crippen molar-refractivity contribution in [2.24, 2.45) is 5.92 Å². The van der Waals surface area contributed by atoms with Gasteiger partial charge in [0.25, 0.3) is 11.5 Å². The highest BCUT2D eigenvalue weighted by atomic mass is 32.2. The number of pyridine rings is 1. The third-order valence-corrected chi connectivity index (χ3v) is 6.88. The molecule has 1 saturated carbocycles. The Balaban J connectivity index is 1.80. The zero-order valence-electron chi connectivity index (χ0n) is 17.5. The van der Waals surface area contributed by atoms with Gasteiger partial charge in [-0.3, -0.25) is 18.9 Å². The standard InChI is InChI=1S/C22H26N4O2S2/c1-13(2)12-23-18-16(20(27)25-10-6-7-14(3)19(25)24-18)11-17-21(28)26(22(29)30-17)15-8-4-5-9-15/h6-7,10-11,13,15,23H,4-5,8-9,12H2,1-3H3/b17-11-. The van der Waals surface area contributed by atoms with E-state index in [1.807, 2.05) is 19.1 Å². The third kappa shape index (κ3) is 3.90. The minimum atomic E-state index is -0.193. The van der Waals surface area contributed by atoms with E-state index < -0.39 is 0 Å². The monoisotopic (exact) mass is 442 g/mol. The van der Waals surface area contributed by atoms with Crippen molar-refractivity contribution >= 4 is 51.7 Å². The number of thioether (sulfide) groups is 1. The molecule has 1 aliphatic carbocycles. The summed E-state index contributed by atoms with van der Waals surface area (Å²) in [7, 11) is 0. The van der Waals surface area contributed by atoms with E-state index >= 15 is 0 Å². The van der Waals surface area contributed by atoms with E-state index in [2.05, 4.69) is 19.2 Å². The van der Waals surface area contributed by atoms with Crippen LogP contribution in [0.3, 0.4) is 0 Å². The summed E-state index contributed by atoms with van der Waals surface area (Å²) in [6.07, 6.45) is 7.60. The van der Waals surface area contributed by atoms with Crippen LogP contribution in [0, 0.1) is 12.8 Å². The fourth-order valence-electron chi connectivity index (χ4n) is 3.97. The molecule has 6 nitrogen and oxygen atoms in total. The Morgan fingerprint density at radius 3 is 2.77 bits per heavy atom. The molecule has 0 radical (unpaired) electrons. The van der Waals surface area contributed by atoms with Crippen LogP contribution in [0.15, 0.2) is 28.0 Å². The first kappa shape index (κ1) is 21.1. The maximum Gasteiger partial charge on any atom is 0.267 e. The van der Waals surface area contributed by atoms with Gasteiger partial charge in [0, 0.05) is 18.8 Å². The number of aromatic nitrogens is 2. The van der Waals surface area contributed by atoms with Crippen molar-refractivity contribution in [3.63, 3.8) is 0 Å². The van der Waals surface area contributed by atoms with Gasteiger partial charge in [-0.2, -0.15) is 0 Å². The van der Waals surface area contributed by atoms with Crippen molar-refractivity contribution < 1.29 is 4.79 Å². The number of carbonyl (C=O) groups excluding carboxylic acids is 1. The first-order valence-electron chi connectivity index (χ1n) is 10.4. The molecule has 1 amide bonds. The molecule has 8 heteroatoms. The Morgan fingerprint density at radius 1 is 1.33 bits per heavy atom. The van der Waals surface area contributed by atoms with E-state index in [0.717, 1.165) is 31.2 Å². The Bertz CT molecular complexity index is 1100. The van der Waals surface area contributed by atoms with E-state index in [1.54, 1.807) is 21.6 Å². The average Bonchev–Trinajstić information content (AvgIpc) is 3.31. The van der Waals surface area contributed by atoms with Crippen LogP contribution in [0.5, 0.6) is 0 Å². The molecule has 4 rings (SSSR count). The van der Waals surface area contributed by atoms with E-state index in [4.69, 9.17) is 17.2 Å². The molecule has 2 aromatic rings. The molecule has 0 atom stereocenters. The second-order valence-electron chi connectivity index (χ2n) is 8.33. The number of aryl methyl sites for hydroxylation is 1. The second kappa shape index (κ2) is 8.51. The van der Waals surface area contributed by atoms with Gasteiger partial charge < -0.3 is 5.32 Å². The van der Waals surface area contributed by atoms with E-state index in [1.165, 1.54) is 11.8 Å². The average molecular weight is 443 g/mol. The maximum absolute atomic E-state index is 13.3. The van der Waals surface area contributed by atoms with E-state index in [-0.39, 0.29) is 17.5 Å². The van der Waals surface area contributed by atoms with Gasteiger partial charge in [-0.1, -0.05) is 56.7 Å². The molecule has 2 aromatic heterocycles. The normalized spacial score (nSPS) is 19.1. The number of nitrogens with zero attached hydrogens (tertiary/aromatic N) is 3. The maximum atomic E-state index is 13.3. The van der Waals surface area contributed by atoms with Crippen LogP contribution in [-0.2, 0) is 4.79 Å². The van der Waals surface area contributed by atoms with Gasteiger partial charge in [0.2, 0.25) is 0 Å². The molecule has 0 bridgehead atoms. The molecular formula is C22H26N4O2S2. The topological polar surface area (TPSA) is 66.7 Å². The summed E-state index contributed by atoms with van der Waals surface area (Å²) in [6.45, 7) is 6.80. The Labute approximate surface area is 185 Å². The lowest BCUT2D eigenvalue weighted by Crippen LogP contribution is -2.36. The highest BCUT2D eigenvalue weighted by Crippen LogP contribution is 2.38. The Morgan fingerprint density at radius 2 is 2.07 bits per heavy atom. The lowest BCUT2D eigenvalue weighted by atomic mass is 10.2. The summed E-state index contributed by atoms with van der Waals surface area (Å²) in [5.41, 5.74) is 1.73. The SMILES string of the molecule is Cc1cccn2c(=O)c(/C=C3\SC(=S)N(C4CCCC4)C3=O)c(NCC(C)C)nc12. The molecular weight excluding hydrogens is 416 g/mol. The lowest BCUT2D eigenvalue weighted by molar-refractivity contribution is -0.123. The molecule has 1 saturated heterocycles. The van der Waals surface area contributed by atoms with Gasteiger partial charge >= 0.3 is 0 Å². The smallest absolute Gasteiger partial charge is 0.267 e. The fourth-order valence-corrected chi connectivity index (χ4v) is 5.35. The quantitative estimate of drug-likeness (QED) is 0.553. The van der Waals surface area contributed by atoms with Gasteiger partial charge in [0.15, 0.2) is 0 Å². The number of carbonyl (C=O) groups is 1. The van der Waals surface area contributed by atoms with E-state index in [0.29, 0.717) is 38.7 Å². The highest BCUT2D eigenvalue weighted by Gasteiger charge is 2.38. The predicted octanol–water partition coefficient (Wildman–Crippen LogP) is 4.21. The number of hydrogen-bond donors (Lipinski definition) is 1. The number of anilines is 1. The summed E-state index contributed by atoms with van der Waals surface area (Å²) in [6, 6.07) is 3.94. The van der Waals surface area contributed by atoms with Crippen molar-refractivity contribution in [2.45, 2.75) is 52.5 Å². The fraction of sp³-hybridized carbons (Fsp3) is 0.455. The van der Waals surface area contributed by atoms with Crippen molar-refractivity contribution in [2.75, 3.05) is 11.9 Å². The molecule has 0 aromatic carbocycles. The first-order chi connectivity index (χ1) is 14.4. The van der Waals surface area contributed by atoms with Gasteiger partial charge in [-0.05, 0) is 43.4 Å². The van der Waals surface area contributed by atoms with Crippen LogP contribution in [-0.4, -0.2) is 37.1 Å². The molecule has 1 aliphatic heterocycles. The minimum Gasteiger partial charge on any atom is -0.369 e. The molecule has 1 N–H and O–H groups in total. The van der Waals surface area contributed by atoms with Crippen molar-refractivity contribution in [3.05, 3.63) is 44.7 Å². The molecule has 0 spiro atoms. The van der Waals surface area contributed by atoms with Crippen molar-refractivity contribution in [3.8, 4) is 0 Å². The van der Waals surface area contributed by atoms with Crippen LogP contribution >= 0.6 is 24.0 Å². The zero-order valence-corrected chi connectivity index (χ0v) is 19.1. The minimum absolute atomic E-state index is 0.0968. The second-order valence-corrected chi connectivity index (χ2v) is 10.0. The Kier molecular flexibility index (Phi) is 5.97. The predicted molar refractivity (Wildman–Crippen MR) is 127 cm³/mol.